The third-order valence-corrected chi connectivity index (χ3v) is 4.41. The van der Waals surface area contributed by atoms with Crippen molar-refractivity contribution in [3.8, 4) is 0 Å². The van der Waals surface area contributed by atoms with E-state index < -0.39 is 18.4 Å². The lowest BCUT2D eigenvalue weighted by molar-refractivity contribution is -0.282. The van der Waals surface area contributed by atoms with Gasteiger partial charge in [0, 0.05) is 26.3 Å². The van der Waals surface area contributed by atoms with Crippen molar-refractivity contribution in [1.82, 2.24) is 0 Å². The fourth-order valence-electron chi connectivity index (χ4n) is 2.77. The van der Waals surface area contributed by atoms with Crippen molar-refractivity contribution in [3.63, 3.8) is 0 Å². The highest BCUT2D eigenvalue weighted by molar-refractivity contribution is 5.66. The van der Waals surface area contributed by atoms with E-state index in [1.165, 1.54) is 13.8 Å². The smallest absolute Gasteiger partial charge is 0.303 e. The second-order valence-corrected chi connectivity index (χ2v) is 6.52. The predicted molar refractivity (Wildman–Crippen MR) is 95.8 cm³/mol. The molecule has 1 saturated heterocycles. The fourth-order valence-corrected chi connectivity index (χ4v) is 2.77. The van der Waals surface area contributed by atoms with E-state index in [1.54, 1.807) is 0 Å². The van der Waals surface area contributed by atoms with Gasteiger partial charge in [0.05, 0.1) is 39.1 Å². The normalized spacial score (nSPS) is 28.0. The zero-order chi connectivity index (χ0) is 20.2. The summed E-state index contributed by atoms with van der Waals surface area (Å²) >= 11 is 0. The quantitative estimate of drug-likeness (QED) is 0.375. The van der Waals surface area contributed by atoms with Crippen LogP contribution in [0.15, 0.2) is 0 Å². The molecule has 0 aromatic rings. The van der Waals surface area contributed by atoms with Crippen LogP contribution in [0.5, 0.6) is 0 Å². The first-order valence-corrected chi connectivity index (χ1v) is 9.30. The molecule has 1 heterocycles. The van der Waals surface area contributed by atoms with Crippen LogP contribution in [0.25, 0.3) is 0 Å². The van der Waals surface area contributed by atoms with E-state index in [4.69, 9.17) is 34.2 Å². The van der Waals surface area contributed by atoms with Crippen molar-refractivity contribution in [3.05, 3.63) is 0 Å². The number of carbonyl (C=O) groups excluding carboxylic acids is 2. The maximum atomic E-state index is 11.5. The second-order valence-electron chi connectivity index (χ2n) is 6.52. The van der Waals surface area contributed by atoms with E-state index in [0.717, 1.165) is 0 Å². The first-order valence-electron chi connectivity index (χ1n) is 9.30. The molecule has 0 aliphatic carbocycles. The Bertz CT molecular complexity index is 445. The molecule has 158 valence electrons. The Morgan fingerprint density at radius 3 is 2.15 bits per heavy atom. The van der Waals surface area contributed by atoms with Crippen molar-refractivity contribution in [1.29, 1.82) is 0 Å². The molecule has 5 atom stereocenters. The van der Waals surface area contributed by atoms with E-state index in [9.17, 15) is 9.59 Å². The number of ether oxygens (including phenoxy) is 6. The molecule has 1 rings (SSSR count). The van der Waals surface area contributed by atoms with Gasteiger partial charge in [0.25, 0.3) is 0 Å². The zero-order valence-electron chi connectivity index (χ0n) is 16.7. The highest BCUT2D eigenvalue weighted by atomic mass is 16.7. The Labute approximate surface area is 160 Å². The lowest BCUT2D eigenvalue weighted by Crippen LogP contribution is -2.53. The monoisotopic (exact) mass is 391 g/mol. The van der Waals surface area contributed by atoms with Crippen molar-refractivity contribution in [2.75, 3.05) is 46.2 Å². The second kappa shape index (κ2) is 13.0. The summed E-state index contributed by atoms with van der Waals surface area (Å²) in [6.45, 7) is 9.24. The summed E-state index contributed by atoms with van der Waals surface area (Å²) in [4.78, 5) is 22.5. The highest BCUT2D eigenvalue weighted by Crippen LogP contribution is 2.33. The molecular weight excluding hydrogens is 358 g/mol. The van der Waals surface area contributed by atoms with Gasteiger partial charge in [0.2, 0.25) is 0 Å². The number of carbonyl (C=O) groups is 2. The maximum absolute atomic E-state index is 11.5. The first-order chi connectivity index (χ1) is 12.9. The van der Waals surface area contributed by atoms with Gasteiger partial charge < -0.3 is 34.2 Å². The molecule has 0 bridgehead atoms. The molecule has 0 spiro atoms. The molecule has 1 aliphatic heterocycles. The van der Waals surface area contributed by atoms with E-state index >= 15 is 0 Å². The average molecular weight is 391 g/mol. The van der Waals surface area contributed by atoms with Crippen LogP contribution >= 0.6 is 0 Å². The van der Waals surface area contributed by atoms with Gasteiger partial charge in [0.15, 0.2) is 12.4 Å². The number of rotatable bonds is 12. The van der Waals surface area contributed by atoms with Crippen molar-refractivity contribution in [2.45, 2.75) is 46.2 Å². The van der Waals surface area contributed by atoms with Gasteiger partial charge in [-0.25, -0.2) is 0 Å². The fraction of sp³-hybridized carbons (Fsp3) is 0.889. The zero-order valence-corrected chi connectivity index (χ0v) is 16.7. The lowest BCUT2D eigenvalue weighted by Gasteiger charge is -2.43. The molecule has 2 unspecified atom stereocenters. The Hall–Kier alpha value is -1.26. The molecule has 2 N–H and O–H groups in total. The summed E-state index contributed by atoms with van der Waals surface area (Å²) in [5, 5.41) is 0. The summed E-state index contributed by atoms with van der Waals surface area (Å²) in [5.74, 6) is -0.783. The van der Waals surface area contributed by atoms with Gasteiger partial charge >= 0.3 is 11.9 Å². The van der Waals surface area contributed by atoms with Crippen LogP contribution in [-0.4, -0.2) is 76.6 Å². The van der Waals surface area contributed by atoms with E-state index in [2.05, 4.69) is 0 Å². The summed E-state index contributed by atoms with van der Waals surface area (Å²) in [5.41, 5.74) is 5.33. The van der Waals surface area contributed by atoms with Crippen LogP contribution < -0.4 is 5.73 Å². The van der Waals surface area contributed by atoms with E-state index in [1.807, 2.05) is 13.8 Å². The number of esters is 2. The molecule has 9 heteroatoms. The average Bonchev–Trinajstić information content (AvgIpc) is 2.61. The molecule has 0 aromatic carbocycles. The Morgan fingerprint density at radius 2 is 1.56 bits per heavy atom. The van der Waals surface area contributed by atoms with Gasteiger partial charge in [-0.2, -0.15) is 0 Å². The molecule has 0 saturated carbocycles. The maximum Gasteiger partial charge on any atom is 0.303 e. The highest BCUT2D eigenvalue weighted by Gasteiger charge is 2.44. The topological polar surface area (TPSA) is 116 Å². The van der Waals surface area contributed by atoms with Crippen molar-refractivity contribution in [2.24, 2.45) is 17.6 Å². The molecule has 0 radical (unpaired) electrons. The SMILES string of the molecule is CC(=O)OCC1O[C@H](OCCOCCOCCN)C(OC(C)=O)[C@@H](C)[C@@H]1C. The molecule has 27 heavy (non-hydrogen) atoms. The third kappa shape index (κ3) is 8.98. The molecule has 1 aliphatic rings. The number of hydrogen-bond donors (Lipinski definition) is 1. The number of hydrogen-bond acceptors (Lipinski definition) is 9. The minimum absolute atomic E-state index is 0.0180. The standard InChI is InChI=1S/C18H33NO8/c1-12-13(2)17(26-15(4)21)18(27-16(12)11-25-14(3)20)24-10-9-23-8-7-22-6-5-19/h12-13,16-18H,5-11,19H2,1-4H3/t12-,13-,16?,17?,18-/m0/s1. The van der Waals surface area contributed by atoms with E-state index in [-0.39, 0.29) is 37.1 Å². The largest absolute Gasteiger partial charge is 0.463 e. The minimum atomic E-state index is -0.752. The van der Waals surface area contributed by atoms with Crippen LogP contribution in [-0.2, 0) is 38.0 Å². The Balaban J connectivity index is 2.51. The summed E-state index contributed by atoms with van der Waals surface area (Å²) in [7, 11) is 0. The van der Waals surface area contributed by atoms with E-state index in [0.29, 0.717) is 33.0 Å². The molecule has 9 nitrogen and oxygen atoms in total. The first kappa shape index (κ1) is 23.8. The molecule has 0 amide bonds. The van der Waals surface area contributed by atoms with Gasteiger partial charge in [-0.3, -0.25) is 9.59 Å². The van der Waals surface area contributed by atoms with Crippen LogP contribution in [0.3, 0.4) is 0 Å². The Kier molecular flexibility index (Phi) is 11.5. The molecule has 0 aromatic heterocycles. The minimum Gasteiger partial charge on any atom is -0.463 e. The summed E-state index contributed by atoms with van der Waals surface area (Å²) in [6, 6.07) is 0. The number of nitrogens with two attached hydrogens (primary N) is 1. The summed E-state index contributed by atoms with van der Waals surface area (Å²) in [6.07, 6.45) is -1.64. The van der Waals surface area contributed by atoms with Crippen LogP contribution in [0.4, 0.5) is 0 Å². The van der Waals surface area contributed by atoms with Gasteiger partial charge in [-0.15, -0.1) is 0 Å². The van der Waals surface area contributed by atoms with Crippen LogP contribution in [0.2, 0.25) is 0 Å². The third-order valence-electron chi connectivity index (χ3n) is 4.41. The predicted octanol–water partition coefficient (Wildman–Crippen LogP) is 0.487. The molecule has 1 fully saturated rings. The van der Waals surface area contributed by atoms with Crippen molar-refractivity contribution < 1.29 is 38.0 Å². The van der Waals surface area contributed by atoms with Gasteiger partial charge in [-0.1, -0.05) is 13.8 Å². The molecular formula is C18H33NO8. The van der Waals surface area contributed by atoms with Crippen molar-refractivity contribution >= 4 is 11.9 Å². The van der Waals surface area contributed by atoms with Crippen LogP contribution in [0, 0.1) is 11.8 Å². The summed E-state index contributed by atoms with van der Waals surface area (Å²) < 4.78 is 32.8. The van der Waals surface area contributed by atoms with Crippen LogP contribution in [0.1, 0.15) is 27.7 Å². The van der Waals surface area contributed by atoms with Gasteiger partial charge in [-0.05, 0) is 5.92 Å². The lowest BCUT2D eigenvalue weighted by atomic mass is 9.83. The van der Waals surface area contributed by atoms with Gasteiger partial charge in [0.1, 0.15) is 6.61 Å². The Morgan fingerprint density at radius 1 is 0.926 bits per heavy atom.